The van der Waals surface area contributed by atoms with Gasteiger partial charge in [-0.15, -0.1) is 0 Å². The number of likely N-dealkylation sites (tertiary alicyclic amines) is 1. The maximum Gasteiger partial charge on any atom is 0.241 e. The van der Waals surface area contributed by atoms with Gasteiger partial charge in [-0.25, -0.2) is 8.78 Å². The molecule has 1 aliphatic rings. The van der Waals surface area contributed by atoms with E-state index in [-0.39, 0.29) is 5.91 Å². The van der Waals surface area contributed by atoms with Crippen LogP contribution in [0.4, 0.5) is 8.78 Å². The quantitative estimate of drug-likeness (QED) is 0.737. The monoisotopic (exact) mass is 206 g/mol. The van der Waals surface area contributed by atoms with E-state index in [1.807, 2.05) is 0 Å². The van der Waals surface area contributed by atoms with Crippen LogP contribution in [0.1, 0.15) is 12.8 Å². The van der Waals surface area contributed by atoms with Crippen LogP contribution in [0.15, 0.2) is 0 Å². The Balaban J connectivity index is 2.31. The fourth-order valence-electron chi connectivity index (χ4n) is 1.66. The lowest BCUT2D eigenvalue weighted by atomic mass is 9.97. The average molecular weight is 206 g/mol. The molecule has 82 valence electrons. The fraction of sp³-hybridized carbons (Fsp3) is 0.889. The third-order valence-electron chi connectivity index (χ3n) is 2.58. The highest BCUT2D eigenvalue weighted by Gasteiger charge is 2.27. The topological polar surface area (TPSA) is 32.3 Å². The van der Waals surface area contributed by atoms with Gasteiger partial charge in [-0.05, 0) is 19.9 Å². The highest BCUT2D eigenvalue weighted by Crippen LogP contribution is 2.23. The first-order chi connectivity index (χ1) is 6.65. The van der Waals surface area contributed by atoms with Gasteiger partial charge in [0.15, 0.2) is 0 Å². The number of carbonyl (C=O) groups excluding carboxylic acids is 1. The molecular weight excluding hydrogens is 190 g/mol. The van der Waals surface area contributed by atoms with Gasteiger partial charge in [-0.1, -0.05) is 0 Å². The molecule has 0 aromatic rings. The van der Waals surface area contributed by atoms with E-state index in [9.17, 15) is 13.6 Å². The summed E-state index contributed by atoms with van der Waals surface area (Å²) in [6.45, 7) is 1.23. The van der Waals surface area contributed by atoms with Gasteiger partial charge in [0.05, 0.1) is 6.54 Å². The van der Waals surface area contributed by atoms with Gasteiger partial charge in [0, 0.05) is 19.0 Å². The van der Waals surface area contributed by atoms with Gasteiger partial charge in [0.1, 0.15) is 0 Å². The highest BCUT2D eigenvalue weighted by atomic mass is 19.3. The van der Waals surface area contributed by atoms with Crippen molar-refractivity contribution in [3.8, 4) is 0 Å². The Hall–Kier alpha value is -0.710. The molecule has 0 bridgehead atoms. The van der Waals surface area contributed by atoms with Crippen LogP contribution in [0.2, 0.25) is 0 Å². The number of nitrogens with zero attached hydrogens (tertiary/aromatic N) is 1. The Kier molecular flexibility index (Phi) is 4.25. The molecule has 0 atom stereocenters. The Labute approximate surface area is 82.5 Å². The fourth-order valence-corrected chi connectivity index (χ4v) is 1.66. The van der Waals surface area contributed by atoms with Gasteiger partial charge < -0.3 is 10.2 Å². The summed E-state index contributed by atoms with van der Waals surface area (Å²) in [6.07, 6.45) is -1.39. The van der Waals surface area contributed by atoms with Crippen molar-refractivity contribution in [1.82, 2.24) is 10.2 Å². The zero-order chi connectivity index (χ0) is 10.6. The molecule has 3 nitrogen and oxygen atoms in total. The minimum absolute atomic E-state index is 0.000200. The summed E-state index contributed by atoms with van der Waals surface area (Å²) in [5.74, 6) is -0.520. The number of amides is 1. The molecule has 0 radical (unpaired) electrons. The van der Waals surface area contributed by atoms with Crippen molar-refractivity contribution in [1.29, 1.82) is 0 Å². The van der Waals surface area contributed by atoms with Gasteiger partial charge in [0.25, 0.3) is 0 Å². The largest absolute Gasteiger partial charge is 0.342 e. The second-order valence-electron chi connectivity index (χ2n) is 3.58. The van der Waals surface area contributed by atoms with E-state index in [4.69, 9.17) is 0 Å². The second-order valence-corrected chi connectivity index (χ2v) is 3.58. The summed E-state index contributed by atoms with van der Waals surface area (Å²) < 4.78 is 24.6. The molecule has 0 aromatic carbocycles. The van der Waals surface area contributed by atoms with Crippen LogP contribution in [0.5, 0.6) is 0 Å². The summed E-state index contributed by atoms with van der Waals surface area (Å²) in [4.78, 5) is 13.0. The summed E-state index contributed by atoms with van der Waals surface area (Å²) in [5, 5.41) is 2.76. The van der Waals surface area contributed by atoms with Crippen LogP contribution in [-0.2, 0) is 4.79 Å². The van der Waals surface area contributed by atoms with Gasteiger partial charge in [-0.2, -0.15) is 0 Å². The summed E-state index contributed by atoms with van der Waals surface area (Å²) >= 11 is 0. The lowest BCUT2D eigenvalue weighted by Crippen LogP contribution is -2.43. The molecule has 1 aliphatic heterocycles. The Bertz CT molecular complexity index is 191. The molecule has 0 aliphatic carbocycles. The molecule has 1 rings (SSSR count). The van der Waals surface area contributed by atoms with Crippen molar-refractivity contribution in [3.63, 3.8) is 0 Å². The zero-order valence-electron chi connectivity index (χ0n) is 8.30. The van der Waals surface area contributed by atoms with E-state index < -0.39 is 12.3 Å². The second kappa shape index (κ2) is 5.24. The standard InChI is InChI=1S/C9H16F2N2O/c1-12-6-8(14)13-4-2-7(3-5-13)9(10)11/h7,9,12H,2-6H2,1H3. The molecule has 0 unspecified atom stereocenters. The number of nitrogens with one attached hydrogen (secondary N) is 1. The average Bonchev–Trinajstić information content (AvgIpc) is 2.18. The molecule has 1 N–H and O–H groups in total. The van der Waals surface area contributed by atoms with Crippen LogP contribution in [0.25, 0.3) is 0 Å². The zero-order valence-corrected chi connectivity index (χ0v) is 8.30. The lowest BCUT2D eigenvalue weighted by Gasteiger charge is -2.31. The minimum atomic E-state index is -2.24. The summed E-state index contributed by atoms with van der Waals surface area (Å²) in [7, 11) is 1.70. The molecule has 1 amide bonds. The summed E-state index contributed by atoms with van der Waals surface area (Å²) in [5.41, 5.74) is 0. The Morgan fingerprint density at radius 2 is 2.07 bits per heavy atom. The number of halogens is 2. The number of alkyl halides is 2. The van der Waals surface area contributed by atoms with Crippen molar-refractivity contribution < 1.29 is 13.6 Å². The predicted octanol–water partition coefficient (Wildman–Crippen LogP) is 0.709. The number of likely N-dealkylation sites (N-methyl/N-ethyl adjacent to an activating group) is 1. The SMILES string of the molecule is CNCC(=O)N1CCC(C(F)F)CC1. The normalized spacial score (nSPS) is 19.0. The molecule has 0 spiro atoms. The van der Waals surface area contributed by atoms with Gasteiger partial charge in [0.2, 0.25) is 12.3 Å². The van der Waals surface area contributed by atoms with Crippen molar-refractivity contribution in [2.75, 3.05) is 26.7 Å². The van der Waals surface area contributed by atoms with Crippen LogP contribution >= 0.6 is 0 Å². The molecule has 1 heterocycles. The molecule has 14 heavy (non-hydrogen) atoms. The number of rotatable bonds is 3. The van der Waals surface area contributed by atoms with E-state index in [0.717, 1.165) is 0 Å². The lowest BCUT2D eigenvalue weighted by molar-refractivity contribution is -0.132. The summed E-state index contributed by atoms with van der Waals surface area (Å²) in [6, 6.07) is 0. The number of hydrogen-bond acceptors (Lipinski definition) is 2. The van der Waals surface area contributed by atoms with Gasteiger partial charge >= 0.3 is 0 Å². The maximum atomic E-state index is 12.3. The molecule has 1 fully saturated rings. The van der Waals surface area contributed by atoms with Crippen LogP contribution in [0, 0.1) is 5.92 Å². The molecule has 1 saturated heterocycles. The maximum absolute atomic E-state index is 12.3. The Morgan fingerprint density at radius 1 is 1.50 bits per heavy atom. The van der Waals surface area contributed by atoms with Crippen LogP contribution in [0.3, 0.4) is 0 Å². The van der Waals surface area contributed by atoms with Crippen molar-refractivity contribution >= 4 is 5.91 Å². The van der Waals surface area contributed by atoms with Crippen LogP contribution in [-0.4, -0.2) is 43.9 Å². The van der Waals surface area contributed by atoms with E-state index in [2.05, 4.69) is 5.32 Å². The number of hydrogen-bond donors (Lipinski definition) is 1. The van der Waals surface area contributed by atoms with Crippen molar-refractivity contribution in [2.24, 2.45) is 5.92 Å². The Morgan fingerprint density at radius 3 is 2.50 bits per heavy atom. The predicted molar refractivity (Wildman–Crippen MR) is 49.2 cm³/mol. The first-order valence-electron chi connectivity index (χ1n) is 4.85. The third kappa shape index (κ3) is 2.90. The minimum Gasteiger partial charge on any atom is -0.342 e. The molecular formula is C9H16F2N2O. The van der Waals surface area contributed by atoms with Gasteiger partial charge in [-0.3, -0.25) is 4.79 Å². The van der Waals surface area contributed by atoms with Crippen LogP contribution < -0.4 is 5.32 Å². The smallest absolute Gasteiger partial charge is 0.241 e. The first-order valence-corrected chi connectivity index (χ1v) is 4.85. The molecule has 5 heteroatoms. The third-order valence-corrected chi connectivity index (χ3v) is 2.58. The first kappa shape index (κ1) is 11.4. The molecule has 0 saturated carbocycles. The van der Waals surface area contributed by atoms with Crippen molar-refractivity contribution in [3.05, 3.63) is 0 Å². The van der Waals surface area contributed by atoms with E-state index in [1.54, 1.807) is 11.9 Å². The highest BCUT2D eigenvalue weighted by molar-refractivity contribution is 5.78. The van der Waals surface area contributed by atoms with E-state index in [0.29, 0.717) is 32.5 Å². The van der Waals surface area contributed by atoms with E-state index in [1.165, 1.54) is 0 Å². The number of piperidine rings is 1. The molecule has 0 aromatic heterocycles. The number of carbonyl (C=O) groups is 1. The van der Waals surface area contributed by atoms with Crippen molar-refractivity contribution in [2.45, 2.75) is 19.3 Å². The van der Waals surface area contributed by atoms with E-state index >= 15 is 0 Å².